The summed E-state index contributed by atoms with van der Waals surface area (Å²) in [6, 6.07) is 0. The smallest absolute Gasteiger partial charge is 0.0936 e. The molecule has 4 aliphatic rings. The number of ether oxygens (including phenoxy) is 4. The van der Waals surface area contributed by atoms with Gasteiger partial charge in [0.1, 0.15) is 0 Å². The Morgan fingerprint density at radius 2 is 0.842 bits per heavy atom. The van der Waals surface area contributed by atoms with Crippen molar-refractivity contribution in [2.45, 2.75) is 24.4 Å². The first-order valence-electron chi connectivity index (χ1n) is 7.26. The molecule has 0 saturated carbocycles. The van der Waals surface area contributed by atoms with Crippen molar-refractivity contribution >= 4 is 0 Å². The standard InChI is InChI=1S/C13H22N2O4/c1(10-5-16-10)14(2-11-6-17-11)9-15(3-12-7-18-12)4-13-8-19-13/h10-13H,1-9H2. The summed E-state index contributed by atoms with van der Waals surface area (Å²) in [7, 11) is 0. The molecule has 0 spiro atoms. The van der Waals surface area contributed by atoms with Gasteiger partial charge in [0.05, 0.1) is 57.5 Å². The molecule has 0 amide bonds. The van der Waals surface area contributed by atoms with Gasteiger partial charge in [-0.05, 0) is 0 Å². The van der Waals surface area contributed by atoms with Crippen molar-refractivity contribution in [3.8, 4) is 0 Å². The predicted molar refractivity (Wildman–Crippen MR) is 67.0 cm³/mol. The van der Waals surface area contributed by atoms with Crippen molar-refractivity contribution in [3.05, 3.63) is 0 Å². The van der Waals surface area contributed by atoms with E-state index in [1.165, 1.54) is 0 Å². The number of rotatable bonds is 10. The average molecular weight is 270 g/mol. The first kappa shape index (κ1) is 12.5. The Kier molecular flexibility index (Phi) is 3.47. The van der Waals surface area contributed by atoms with Gasteiger partial charge in [0.25, 0.3) is 0 Å². The fourth-order valence-electron chi connectivity index (χ4n) is 2.51. The Hall–Kier alpha value is -0.240. The van der Waals surface area contributed by atoms with Crippen LogP contribution >= 0.6 is 0 Å². The summed E-state index contributed by atoms with van der Waals surface area (Å²) in [5, 5.41) is 0. The van der Waals surface area contributed by atoms with Crippen LogP contribution in [0.3, 0.4) is 0 Å². The summed E-state index contributed by atoms with van der Waals surface area (Å²) >= 11 is 0. The van der Waals surface area contributed by atoms with E-state index in [0.29, 0.717) is 24.4 Å². The molecular formula is C13H22N2O4. The quantitative estimate of drug-likeness (QED) is 0.380. The molecule has 0 aliphatic carbocycles. The van der Waals surface area contributed by atoms with Gasteiger partial charge in [-0.15, -0.1) is 0 Å². The van der Waals surface area contributed by atoms with E-state index in [0.717, 1.165) is 59.3 Å². The Morgan fingerprint density at radius 1 is 0.579 bits per heavy atom. The van der Waals surface area contributed by atoms with E-state index in [4.69, 9.17) is 18.9 Å². The molecule has 0 bridgehead atoms. The predicted octanol–water partition coefficient (Wildman–Crippen LogP) is -0.857. The maximum Gasteiger partial charge on any atom is 0.0936 e. The summed E-state index contributed by atoms with van der Waals surface area (Å²) in [5.41, 5.74) is 0. The third kappa shape index (κ3) is 4.37. The van der Waals surface area contributed by atoms with E-state index in [-0.39, 0.29) is 0 Å². The SMILES string of the molecule is C1OC1CN(CC1CO1)CN(CC1CO1)CC1CO1. The van der Waals surface area contributed by atoms with Gasteiger partial charge in [-0.25, -0.2) is 0 Å². The Bertz CT molecular complexity index is 256. The van der Waals surface area contributed by atoms with Crippen molar-refractivity contribution in [1.82, 2.24) is 9.80 Å². The van der Waals surface area contributed by atoms with Crippen LogP contribution < -0.4 is 0 Å². The van der Waals surface area contributed by atoms with Crippen molar-refractivity contribution in [2.24, 2.45) is 0 Å². The number of nitrogens with zero attached hydrogens (tertiary/aromatic N) is 2. The van der Waals surface area contributed by atoms with Crippen LogP contribution in [0.25, 0.3) is 0 Å². The maximum absolute atomic E-state index is 5.36. The number of epoxide rings is 4. The van der Waals surface area contributed by atoms with Gasteiger partial charge in [-0.2, -0.15) is 0 Å². The number of hydrogen-bond acceptors (Lipinski definition) is 6. The van der Waals surface area contributed by atoms with Crippen molar-refractivity contribution in [1.29, 1.82) is 0 Å². The lowest BCUT2D eigenvalue weighted by atomic mass is 10.3. The first-order chi connectivity index (χ1) is 9.35. The second-order valence-electron chi connectivity index (χ2n) is 6.03. The van der Waals surface area contributed by atoms with Crippen LogP contribution in [0.2, 0.25) is 0 Å². The van der Waals surface area contributed by atoms with Gasteiger partial charge in [-0.3, -0.25) is 9.80 Å². The van der Waals surface area contributed by atoms with Gasteiger partial charge >= 0.3 is 0 Å². The molecule has 0 N–H and O–H groups in total. The molecule has 19 heavy (non-hydrogen) atoms. The normalized spacial score (nSPS) is 38.8. The van der Waals surface area contributed by atoms with Gasteiger partial charge in [0.15, 0.2) is 0 Å². The van der Waals surface area contributed by atoms with Crippen LogP contribution in [0, 0.1) is 0 Å². The summed E-state index contributed by atoms with van der Waals surface area (Å²) in [5.74, 6) is 0. The molecule has 4 unspecified atom stereocenters. The molecule has 0 aromatic heterocycles. The second kappa shape index (κ2) is 5.27. The van der Waals surface area contributed by atoms with Crippen molar-refractivity contribution in [2.75, 3.05) is 59.3 Å². The summed E-state index contributed by atoms with van der Waals surface area (Å²) in [6.07, 6.45) is 1.76. The van der Waals surface area contributed by atoms with E-state index in [2.05, 4.69) is 9.80 Å². The molecule has 4 rings (SSSR count). The Balaban J connectivity index is 1.29. The molecule has 4 saturated heterocycles. The zero-order chi connectivity index (χ0) is 12.7. The van der Waals surface area contributed by atoms with Crippen LogP contribution in [0.4, 0.5) is 0 Å². The molecule has 0 aromatic rings. The largest absolute Gasteiger partial charge is 0.372 e. The molecular weight excluding hydrogens is 248 g/mol. The average Bonchev–Trinajstić information content (AvgIpc) is 3.17. The van der Waals surface area contributed by atoms with Gasteiger partial charge < -0.3 is 18.9 Å². The van der Waals surface area contributed by atoms with Crippen LogP contribution in [0.15, 0.2) is 0 Å². The van der Waals surface area contributed by atoms with E-state index in [9.17, 15) is 0 Å². The fraction of sp³-hybridized carbons (Fsp3) is 1.00. The zero-order valence-corrected chi connectivity index (χ0v) is 11.2. The molecule has 4 atom stereocenters. The summed E-state index contributed by atoms with van der Waals surface area (Å²) < 4.78 is 21.4. The van der Waals surface area contributed by atoms with Crippen LogP contribution in [0.1, 0.15) is 0 Å². The lowest BCUT2D eigenvalue weighted by Gasteiger charge is -2.29. The molecule has 0 aromatic carbocycles. The van der Waals surface area contributed by atoms with Gasteiger partial charge in [0, 0.05) is 26.2 Å². The lowest BCUT2D eigenvalue weighted by Crippen LogP contribution is -2.44. The van der Waals surface area contributed by atoms with E-state index >= 15 is 0 Å². The highest BCUT2D eigenvalue weighted by Crippen LogP contribution is 2.19. The minimum Gasteiger partial charge on any atom is -0.372 e. The minimum atomic E-state index is 0.440. The van der Waals surface area contributed by atoms with Crippen LogP contribution in [-0.4, -0.2) is 93.5 Å². The summed E-state index contributed by atoms with van der Waals surface area (Å²) in [4.78, 5) is 4.92. The first-order valence-corrected chi connectivity index (χ1v) is 7.26. The molecule has 108 valence electrons. The Labute approximate surface area is 113 Å². The highest BCUT2D eigenvalue weighted by atomic mass is 16.6. The lowest BCUT2D eigenvalue weighted by molar-refractivity contribution is 0.102. The van der Waals surface area contributed by atoms with Crippen molar-refractivity contribution < 1.29 is 18.9 Å². The monoisotopic (exact) mass is 270 g/mol. The minimum absolute atomic E-state index is 0.440. The highest BCUT2D eigenvalue weighted by Gasteiger charge is 2.34. The maximum atomic E-state index is 5.36. The van der Waals surface area contributed by atoms with Gasteiger partial charge in [-0.1, -0.05) is 0 Å². The second-order valence-corrected chi connectivity index (χ2v) is 6.03. The van der Waals surface area contributed by atoms with E-state index < -0.39 is 0 Å². The van der Waals surface area contributed by atoms with Crippen LogP contribution in [0.5, 0.6) is 0 Å². The molecule has 4 heterocycles. The van der Waals surface area contributed by atoms with Crippen LogP contribution in [-0.2, 0) is 18.9 Å². The van der Waals surface area contributed by atoms with E-state index in [1.807, 2.05) is 0 Å². The van der Waals surface area contributed by atoms with Crippen molar-refractivity contribution in [3.63, 3.8) is 0 Å². The Morgan fingerprint density at radius 3 is 1.05 bits per heavy atom. The molecule has 6 nitrogen and oxygen atoms in total. The summed E-state index contributed by atoms with van der Waals surface area (Å²) in [6.45, 7) is 8.72. The number of hydrogen-bond donors (Lipinski definition) is 0. The fourth-order valence-corrected chi connectivity index (χ4v) is 2.51. The molecule has 0 radical (unpaired) electrons. The van der Waals surface area contributed by atoms with E-state index in [1.54, 1.807) is 0 Å². The van der Waals surface area contributed by atoms with Gasteiger partial charge in [0.2, 0.25) is 0 Å². The third-order valence-corrected chi connectivity index (χ3v) is 3.86. The third-order valence-electron chi connectivity index (χ3n) is 3.86. The zero-order valence-electron chi connectivity index (χ0n) is 11.2. The molecule has 4 aliphatic heterocycles. The highest BCUT2D eigenvalue weighted by molar-refractivity contribution is 4.84. The topological polar surface area (TPSA) is 56.6 Å². The molecule has 4 fully saturated rings. The molecule has 6 heteroatoms.